The van der Waals surface area contributed by atoms with Crippen molar-refractivity contribution in [2.45, 2.75) is 12.8 Å². The van der Waals surface area contributed by atoms with Crippen LogP contribution in [0.2, 0.25) is 0 Å². The molecular weight excluding hydrogens is 344 g/mol. The summed E-state index contributed by atoms with van der Waals surface area (Å²) in [7, 11) is 0. The van der Waals surface area contributed by atoms with Crippen molar-refractivity contribution >= 4 is 21.5 Å². The molecule has 0 bridgehead atoms. The molecule has 2 aliphatic heterocycles. The molecule has 2 heterocycles. The Morgan fingerprint density at radius 2 is 0.893 bits per heavy atom. The molecule has 0 unspecified atom stereocenters. The van der Waals surface area contributed by atoms with E-state index in [0.29, 0.717) is 0 Å². The lowest BCUT2D eigenvalue weighted by Gasteiger charge is -2.24. The Morgan fingerprint density at radius 3 is 1.32 bits per heavy atom. The lowest BCUT2D eigenvalue weighted by Crippen LogP contribution is -2.14. The van der Waals surface area contributed by atoms with Gasteiger partial charge in [0.25, 0.3) is 0 Å². The van der Waals surface area contributed by atoms with E-state index in [1.54, 1.807) is 0 Å². The van der Waals surface area contributed by atoms with Gasteiger partial charge in [0.05, 0.1) is 0 Å². The van der Waals surface area contributed by atoms with Crippen LogP contribution >= 0.6 is 0 Å². The first kappa shape index (κ1) is 15.5. The maximum atomic E-state index is 6.25. The molecule has 2 aliphatic rings. The van der Waals surface area contributed by atoms with Crippen LogP contribution in [0.4, 0.5) is 0 Å². The van der Waals surface area contributed by atoms with E-state index in [2.05, 4.69) is 84.9 Å². The lowest BCUT2D eigenvalue weighted by molar-refractivity contribution is 0.333. The minimum atomic E-state index is 0.807. The SMILES string of the molecule is C1=C(C2=CCc3cc4ccccc4cc3O2)Oc2cc3ccccc3cc2C1. The van der Waals surface area contributed by atoms with Gasteiger partial charge in [0.1, 0.15) is 11.5 Å². The number of hydrogen-bond donors (Lipinski definition) is 0. The van der Waals surface area contributed by atoms with Crippen LogP contribution in [0.25, 0.3) is 21.5 Å². The molecule has 2 nitrogen and oxygen atoms in total. The Kier molecular flexibility index (Phi) is 3.33. The Hall–Kier alpha value is -3.52. The molecule has 0 aliphatic carbocycles. The van der Waals surface area contributed by atoms with Crippen LogP contribution in [-0.2, 0) is 12.8 Å². The number of hydrogen-bond acceptors (Lipinski definition) is 2. The molecule has 0 saturated heterocycles. The Labute approximate surface area is 163 Å². The predicted molar refractivity (Wildman–Crippen MR) is 113 cm³/mol. The van der Waals surface area contributed by atoms with Crippen molar-refractivity contribution in [3.63, 3.8) is 0 Å². The number of fused-ring (bicyclic) bond motifs is 4. The minimum Gasteiger partial charge on any atom is -0.453 e. The summed E-state index contributed by atoms with van der Waals surface area (Å²) >= 11 is 0. The summed E-state index contributed by atoms with van der Waals surface area (Å²) in [5, 5.41) is 4.88. The van der Waals surface area contributed by atoms with Gasteiger partial charge in [-0.1, -0.05) is 48.5 Å². The second-order valence-electron chi connectivity index (χ2n) is 7.36. The topological polar surface area (TPSA) is 18.5 Å². The first-order valence-corrected chi connectivity index (χ1v) is 9.63. The molecule has 0 amide bonds. The third kappa shape index (κ3) is 2.49. The van der Waals surface area contributed by atoms with Crippen LogP contribution in [0.15, 0.2) is 96.5 Å². The summed E-state index contributed by atoms with van der Waals surface area (Å²) in [4.78, 5) is 0. The van der Waals surface area contributed by atoms with Crippen LogP contribution in [0.5, 0.6) is 11.5 Å². The third-order valence-electron chi connectivity index (χ3n) is 5.56. The zero-order valence-corrected chi connectivity index (χ0v) is 15.3. The molecule has 4 aromatic carbocycles. The van der Waals surface area contributed by atoms with Crippen LogP contribution in [0.3, 0.4) is 0 Å². The lowest BCUT2D eigenvalue weighted by atomic mass is 10.00. The fraction of sp³-hybridized carbons (Fsp3) is 0.0769. The van der Waals surface area contributed by atoms with E-state index in [-0.39, 0.29) is 0 Å². The monoisotopic (exact) mass is 362 g/mol. The summed E-state index contributed by atoms with van der Waals surface area (Å²) in [6.45, 7) is 0. The predicted octanol–water partition coefficient (Wildman–Crippen LogP) is 6.33. The molecule has 0 aromatic heterocycles. The Bertz CT molecular complexity index is 1210. The zero-order chi connectivity index (χ0) is 18.5. The molecule has 134 valence electrons. The van der Waals surface area contributed by atoms with Gasteiger partial charge in [0, 0.05) is 0 Å². The zero-order valence-electron chi connectivity index (χ0n) is 15.3. The number of allylic oxidation sites excluding steroid dienone is 2. The second kappa shape index (κ2) is 6.00. The fourth-order valence-corrected chi connectivity index (χ4v) is 4.07. The van der Waals surface area contributed by atoms with E-state index in [1.165, 1.54) is 32.7 Å². The first-order chi connectivity index (χ1) is 13.8. The van der Waals surface area contributed by atoms with Gasteiger partial charge in [0.2, 0.25) is 0 Å². The van der Waals surface area contributed by atoms with Crippen molar-refractivity contribution in [2.24, 2.45) is 0 Å². The third-order valence-corrected chi connectivity index (χ3v) is 5.56. The van der Waals surface area contributed by atoms with E-state index in [9.17, 15) is 0 Å². The maximum Gasteiger partial charge on any atom is 0.165 e. The maximum absolute atomic E-state index is 6.25. The molecule has 4 aromatic rings. The van der Waals surface area contributed by atoms with Crippen molar-refractivity contribution in [3.8, 4) is 11.5 Å². The summed E-state index contributed by atoms with van der Waals surface area (Å²) in [6.07, 6.45) is 5.94. The molecule has 2 heteroatoms. The molecule has 0 N–H and O–H groups in total. The summed E-state index contributed by atoms with van der Waals surface area (Å²) in [6, 6.07) is 25.5. The summed E-state index contributed by atoms with van der Waals surface area (Å²) in [5.41, 5.74) is 2.43. The molecule has 28 heavy (non-hydrogen) atoms. The van der Waals surface area contributed by atoms with E-state index in [1.807, 2.05) is 0 Å². The molecule has 0 atom stereocenters. The van der Waals surface area contributed by atoms with Gasteiger partial charge in [-0.2, -0.15) is 0 Å². The van der Waals surface area contributed by atoms with Crippen molar-refractivity contribution < 1.29 is 9.47 Å². The summed E-state index contributed by atoms with van der Waals surface area (Å²) < 4.78 is 12.5. The van der Waals surface area contributed by atoms with Crippen molar-refractivity contribution in [2.75, 3.05) is 0 Å². The fourth-order valence-electron chi connectivity index (χ4n) is 4.07. The van der Waals surface area contributed by atoms with Crippen molar-refractivity contribution in [1.29, 1.82) is 0 Å². The Balaban J connectivity index is 1.33. The Morgan fingerprint density at radius 1 is 0.500 bits per heavy atom. The van der Waals surface area contributed by atoms with E-state index in [4.69, 9.17) is 9.47 Å². The van der Waals surface area contributed by atoms with Crippen molar-refractivity contribution in [1.82, 2.24) is 0 Å². The number of ether oxygens (including phenoxy) is 2. The highest BCUT2D eigenvalue weighted by Crippen LogP contribution is 2.37. The van der Waals surface area contributed by atoms with Gasteiger partial charge in [-0.25, -0.2) is 0 Å². The highest BCUT2D eigenvalue weighted by molar-refractivity contribution is 5.86. The van der Waals surface area contributed by atoms with E-state index < -0.39 is 0 Å². The molecule has 0 fully saturated rings. The largest absolute Gasteiger partial charge is 0.453 e. The normalized spacial score (nSPS) is 15.1. The molecule has 0 spiro atoms. The first-order valence-electron chi connectivity index (χ1n) is 9.63. The van der Waals surface area contributed by atoms with Gasteiger partial charge < -0.3 is 9.47 Å². The molecule has 0 radical (unpaired) electrons. The van der Waals surface area contributed by atoms with Gasteiger partial charge in [0.15, 0.2) is 11.5 Å². The average molecular weight is 362 g/mol. The summed E-state index contributed by atoms with van der Waals surface area (Å²) in [5.74, 6) is 3.46. The van der Waals surface area contributed by atoms with Crippen LogP contribution in [0, 0.1) is 0 Å². The van der Waals surface area contributed by atoms with Crippen molar-refractivity contribution in [3.05, 3.63) is 108 Å². The quantitative estimate of drug-likeness (QED) is 0.394. The highest BCUT2D eigenvalue weighted by Gasteiger charge is 2.22. The van der Waals surface area contributed by atoms with Gasteiger partial charge in [-0.15, -0.1) is 0 Å². The standard InChI is InChI=1S/C26H18O2/c1-3-7-19-15-25-21(13-17(19)5-1)9-11-23(27-25)24-12-10-22-14-18-6-2-4-8-20(18)16-26(22)28-24/h1-8,11-16H,9-10H2. The van der Waals surface area contributed by atoms with Crippen LogP contribution < -0.4 is 9.47 Å². The number of rotatable bonds is 1. The van der Waals surface area contributed by atoms with Gasteiger partial charge >= 0.3 is 0 Å². The average Bonchev–Trinajstić information content (AvgIpc) is 2.75. The van der Waals surface area contributed by atoms with Crippen LogP contribution in [-0.4, -0.2) is 0 Å². The number of benzene rings is 4. The molecule has 6 rings (SSSR count). The second-order valence-corrected chi connectivity index (χ2v) is 7.36. The van der Waals surface area contributed by atoms with Gasteiger partial charge in [-0.05, 0) is 81.9 Å². The van der Waals surface area contributed by atoms with Gasteiger partial charge in [-0.3, -0.25) is 0 Å². The van der Waals surface area contributed by atoms with E-state index in [0.717, 1.165) is 35.9 Å². The smallest absolute Gasteiger partial charge is 0.165 e. The highest BCUT2D eigenvalue weighted by atomic mass is 16.5. The van der Waals surface area contributed by atoms with E-state index >= 15 is 0 Å². The molecular formula is C26H18O2. The molecule has 0 saturated carbocycles. The minimum absolute atomic E-state index is 0.807. The van der Waals surface area contributed by atoms with Crippen LogP contribution in [0.1, 0.15) is 11.1 Å².